The molecule has 2 aliphatic rings. The number of nitrogens with one attached hydrogen (secondary N) is 1. The Labute approximate surface area is 186 Å². The van der Waals surface area contributed by atoms with Crippen LogP contribution in [0.2, 0.25) is 0 Å². The van der Waals surface area contributed by atoms with Gasteiger partial charge in [-0.05, 0) is 61.6 Å². The Morgan fingerprint density at radius 2 is 2.06 bits per heavy atom. The SMILES string of the molecule is O=C1CCc2ccc(OCCCCN3CC=C(c4noc5cc(F)ccc45)CC3)cc2N1. The molecule has 166 valence electrons. The van der Waals surface area contributed by atoms with Crippen molar-refractivity contribution in [1.29, 1.82) is 0 Å². The lowest BCUT2D eigenvalue weighted by atomic mass is 10.0. The third kappa shape index (κ3) is 4.53. The van der Waals surface area contributed by atoms with Crippen LogP contribution in [0.3, 0.4) is 0 Å². The summed E-state index contributed by atoms with van der Waals surface area (Å²) in [6.45, 7) is 3.50. The first-order valence-corrected chi connectivity index (χ1v) is 11.2. The number of amides is 1. The maximum atomic E-state index is 13.4. The van der Waals surface area contributed by atoms with E-state index < -0.39 is 0 Å². The lowest BCUT2D eigenvalue weighted by Gasteiger charge is -2.25. The van der Waals surface area contributed by atoms with Crippen molar-refractivity contribution in [3.63, 3.8) is 0 Å². The Morgan fingerprint density at radius 1 is 1.12 bits per heavy atom. The molecule has 0 atom stereocenters. The molecule has 1 aromatic heterocycles. The molecule has 0 unspecified atom stereocenters. The molecule has 2 aromatic carbocycles. The normalized spacial score (nSPS) is 16.5. The number of unbranched alkanes of at least 4 members (excludes halogenated alkanes) is 1. The number of carbonyl (C=O) groups is 1. The molecule has 5 rings (SSSR count). The first-order chi connectivity index (χ1) is 15.7. The molecular weight excluding hydrogens is 409 g/mol. The van der Waals surface area contributed by atoms with Gasteiger partial charge in [-0.3, -0.25) is 9.69 Å². The van der Waals surface area contributed by atoms with Crippen LogP contribution in [-0.2, 0) is 11.2 Å². The summed E-state index contributed by atoms with van der Waals surface area (Å²) in [6, 6.07) is 10.5. The van der Waals surface area contributed by atoms with E-state index in [1.807, 2.05) is 18.2 Å². The van der Waals surface area contributed by atoms with Gasteiger partial charge in [-0.1, -0.05) is 17.3 Å². The van der Waals surface area contributed by atoms with Gasteiger partial charge in [-0.25, -0.2) is 4.39 Å². The average Bonchev–Trinajstić information content (AvgIpc) is 3.22. The number of nitrogens with zero attached hydrogens (tertiary/aromatic N) is 2. The Bertz CT molecular complexity index is 1170. The van der Waals surface area contributed by atoms with Crippen molar-refractivity contribution in [2.75, 3.05) is 31.6 Å². The van der Waals surface area contributed by atoms with Gasteiger partial charge in [0.05, 0.1) is 6.61 Å². The molecule has 0 saturated heterocycles. The summed E-state index contributed by atoms with van der Waals surface area (Å²) in [5.41, 5.74) is 4.52. The van der Waals surface area contributed by atoms with Gasteiger partial charge in [-0.15, -0.1) is 0 Å². The second-order valence-electron chi connectivity index (χ2n) is 8.37. The van der Waals surface area contributed by atoms with Crippen LogP contribution < -0.4 is 10.1 Å². The van der Waals surface area contributed by atoms with Crippen LogP contribution >= 0.6 is 0 Å². The van der Waals surface area contributed by atoms with Gasteiger partial charge in [0.1, 0.15) is 17.3 Å². The standard InChI is InChI=1S/C25H26FN3O3/c26-19-5-7-21-23(15-19)32-28-25(21)18-9-12-29(13-10-18)11-1-2-14-31-20-6-3-17-4-8-24(30)27-22(17)16-20/h3,5-7,9,15-16H,1-2,4,8,10-14H2,(H,27,30). The van der Waals surface area contributed by atoms with E-state index >= 15 is 0 Å². The Hall–Kier alpha value is -3.19. The van der Waals surface area contributed by atoms with Crippen LogP contribution in [0.1, 0.15) is 36.9 Å². The Balaban J connectivity index is 1.07. The number of ether oxygens (including phenoxy) is 1. The summed E-state index contributed by atoms with van der Waals surface area (Å²) in [4.78, 5) is 14.0. The molecule has 0 fully saturated rings. The molecule has 3 aromatic rings. The van der Waals surface area contributed by atoms with E-state index in [-0.39, 0.29) is 11.7 Å². The summed E-state index contributed by atoms with van der Waals surface area (Å²) < 4.78 is 24.5. The van der Waals surface area contributed by atoms with Gasteiger partial charge < -0.3 is 14.6 Å². The molecule has 0 aliphatic carbocycles. The highest BCUT2D eigenvalue weighted by atomic mass is 19.1. The second-order valence-corrected chi connectivity index (χ2v) is 8.37. The lowest BCUT2D eigenvalue weighted by molar-refractivity contribution is -0.116. The zero-order valence-corrected chi connectivity index (χ0v) is 17.9. The average molecular weight is 435 g/mol. The van der Waals surface area contributed by atoms with Gasteiger partial charge in [0.15, 0.2) is 5.58 Å². The molecule has 6 nitrogen and oxygen atoms in total. The zero-order valence-electron chi connectivity index (χ0n) is 17.9. The highest BCUT2D eigenvalue weighted by molar-refractivity contribution is 5.94. The van der Waals surface area contributed by atoms with Crippen LogP contribution in [0.15, 0.2) is 47.0 Å². The van der Waals surface area contributed by atoms with Crippen LogP contribution in [0.5, 0.6) is 5.75 Å². The number of halogens is 1. The minimum Gasteiger partial charge on any atom is -0.494 e. The molecular formula is C25H26FN3O3. The predicted octanol–water partition coefficient (Wildman–Crippen LogP) is 4.80. The first-order valence-electron chi connectivity index (χ1n) is 11.2. The largest absolute Gasteiger partial charge is 0.494 e. The molecule has 0 bridgehead atoms. The first kappa shape index (κ1) is 20.7. The molecule has 0 radical (unpaired) electrons. The van der Waals surface area contributed by atoms with Gasteiger partial charge in [0.2, 0.25) is 5.91 Å². The van der Waals surface area contributed by atoms with E-state index in [1.165, 1.54) is 17.7 Å². The fraction of sp³-hybridized carbons (Fsp3) is 0.360. The number of hydrogen-bond donors (Lipinski definition) is 1. The molecule has 2 aliphatic heterocycles. The molecule has 0 spiro atoms. The molecule has 32 heavy (non-hydrogen) atoms. The highest BCUT2D eigenvalue weighted by Crippen LogP contribution is 2.29. The third-order valence-corrected chi connectivity index (χ3v) is 6.15. The summed E-state index contributed by atoms with van der Waals surface area (Å²) in [6.07, 6.45) is 6.46. The van der Waals surface area contributed by atoms with Crippen molar-refractivity contribution in [2.24, 2.45) is 0 Å². The summed E-state index contributed by atoms with van der Waals surface area (Å²) in [5, 5.41) is 7.94. The number of rotatable bonds is 7. The van der Waals surface area contributed by atoms with Crippen molar-refractivity contribution in [3.8, 4) is 5.75 Å². The van der Waals surface area contributed by atoms with Crippen molar-refractivity contribution < 1.29 is 18.4 Å². The van der Waals surface area contributed by atoms with E-state index in [0.717, 1.165) is 73.4 Å². The smallest absolute Gasteiger partial charge is 0.224 e. The summed E-state index contributed by atoms with van der Waals surface area (Å²) >= 11 is 0. The fourth-order valence-corrected chi connectivity index (χ4v) is 4.34. The quantitative estimate of drug-likeness (QED) is 0.540. The van der Waals surface area contributed by atoms with E-state index in [4.69, 9.17) is 9.26 Å². The number of fused-ring (bicyclic) bond motifs is 2. The maximum absolute atomic E-state index is 13.4. The summed E-state index contributed by atoms with van der Waals surface area (Å²) in [7, 11) is 0. The van der Waals surface area contributed by atoms with Crippen molar-refractivity contribution in [3.05, 3.63) is 59.5 Å². The number of carbonyl (C=O) groups excluding carboxylic acids is 1. The van der Waals surface area contributed by atoms with E-state index in [0.29, 0.717) is 18.6 Å². The highest BCUT2D eigenvalue weighted by Gasteiger charge is 2.18. The summed E-state index contributed by atoms with van der Waals surface area (Å²) in [5.74, 6) is 0.557. The van der Waals surface area contributed by atoms with Gasteiger partial charge in [0, 0.05) is 42.7 Å². The number of anilines is 1. The van der Waals surface area contributed by atoms with Crippen molar-refractivity contribution >= 4 is 28.1 Å². The minimum absolute atomic E-state index is 0.0685. The molecule has 3 heterocycles. The fourth-order valence-electron chi connectivity index (χ4n) is 4.34. The monoisotopic (exact) mass is 435 g/mol. The number of benzene rings is 2. The van der Waals surface area contributed by atoms with Crippen LogP contribution in [-0.4, -0.2) is 42.2 Å². The van der Waals surface area contributed by atoms with E-state index in [1.54, 1.807) is 6.07 Å². The number of aromatic nitrogens is 1. The molecule has 0 saturated carbocycles. The van der Waals surface area contributed by atoms with Gasteiger partial charge in [0.25, 0.3) is 0 Å². The van der Waals surface area contributed by atoms with Crippen LogP contribution in [0.25, 0.3) is 16.5 Å². The second kappa shape index (κ2) is 9.12. The van der Waals surface area contributed by atoms with Crippen LogP contribution in [0, 0.1) is 5.82 Å². The molecule has 1 amide bonds. The van der Waals surface area contributed by atoms with E-state index in [2.05, 4.69) is 21.4 Å². The maximum Gasteiger partial charge on any atom is 0.224 e. The Morgan fingerprint density at radius 3 is 2.94 bits per heavy atom. The van der Waals surface area contributed by atoms with Gasteiger partial charge in [-0.2, -0.15) is 0 Å². The van der Waals surface area contributed by atoms with Crippen molar-refractivity contribution in [1.82, 2.24) is 10.1 Å². The third-order valence-electron chi connectivity index (χ3n) is 6.15. The lowest BCUT2D eigenvalue weighted by Crippen LogP contribution is -2.29. The van der Waals surface area contributed by atoms with E-state index in [9.17, 15) is 9.18 Å². The van der Waals surface area contributed by atoms with Gasteiger partial charge >= 0.3 is 0 Å². The molecule has 1 N–H and O–H groups in total. The number of hydrogen-bond acceptors (Lipinski definition) is 5. The van der Waals surface area contributed by atoms with Crippen LogP contribution in [0.4, 0.5) is 10.1 Å². The zero-order chi connectivity index (χ0) is 21.9. The minimum atomic E-state index is -0.314. The molecule has 7 heteroatoms. The predicted molar refractivity (Wildman–Crippen MR) is 121 cm³/mol. The topological polar surface area (TPSA) is 67.6 Å². The Kier molecular flexibility index (Phi) is 5.90. The van der Waals surface area contributed by atoms with Crippen molar-refractivity contribution in [2.45, 2.75) is 32.1 Å². The number of aryl methyl sites for hydroxylation is 1.